The maximum Gasteiger partial charge on any atom is 0.284 e. The molecule has 3 aromatic rings. The highest BCUT2D eigenvalue weighted by Crippen LogP contribution is 2.20. The van der Waals surface area contributed by atoms with E-state index in [1.807, 2.05) is 0 Å². The summed E-state index contributed by atoms with van der Waals surface area (Å²) in [5.41, 5.74) is 6.62. The number of hydrogen-bond donors (Lipinski definition) is 2. The Morgan fingerprint density at radius 1 is 1.06 bits per heavy atom. The van der Waals surface area contributed by atoms with Crippen LogP contribution >= 0.6 is 24.0 Å². The molecule has 1 aliphatic heterocycles. The van der Waals surface area contributed by atoms with Crippen LogP contribution in [0.25, 0.3) is 10.8 Å². The number of hydrogen-bond acceptors (Lipinski definition) is 4. The number of aliphatic imine (C=N–C) groups is 1. The lowest BCUT2D eigenvalue weighted by molar-refractivity contribution is 0.0972. The van der Waals surface area contributed by atoms with Crippen LogP contribution in [0.4, 0.5) is 0 Å². The lowest BCUT2D eigenvalue weighted by Crippen LogP contribution is -2.52. The van der Waals surface area contributed by atoms with Crippen molar-refractivity contribution in [3.63, 3.8) is 0 Å². The summed E-state index contributed by atoms with van der Waals surface area (Å²) >= 11 is 0. The van der Waals surface area contributed by atoms with Gasteiger partial charge in [-0.1, -0.05) is 42.5 Å². The molecule has 1 saturated heterocycles. The minimum absolute atomic E-state index is 0. The number of halogens is 1. The second-order valence-corrected chi connectivity index (χ2v) is 7.70. The number of primary amides is 1. The first-order valence-corrected chi connectivity index (χ1v) is 10.7. The van der Waals surface area contributed by atoms with Gasteiger partial charge in [-0.05, 0) is 35.4 Å². The first kappa shape index (κ1) is 24.1. The number of benzene rings is 2. The number of nitrogens with two attached hydrogens (primary N) is 1. The molecule has 2 aromatic carbocycles. The molecule has 1 aromatic heterocycles. The highest BCUT2D eigenvalue weighted by molar-refractivity contribution is 14.0. The molecule has 0 unspecified atom stereocenters. The molecular formula is C24H30IN5O2. The Balaban J connectivity index is 0.00000289. The molecule has 1 amide bonds. The fourth-order valence-corrected chi connectivity index (χ4v) is 3.96. The largest absolute Gasteiger partial charge is 0.454 e. The molecule has 3 N–H and O–H groups in total. The SMILES string of the molecule is CCNC(=NCc1ccc(C(N)=O)o1)N1CCN(Cc2cccc3ccccc23)CC1.I. The van der Waals surface area contributed by atoms with Crippen molar-refractivity contribution in [3.05, 3.63) is 71.7 Å². The molecule has 32 heavy (non-hydrogen) atoms. The first-order valence-electron chi connectivity index (χ1n) is 10.7. The topological polar surface area (TPSA) is 87.1 Å². The zero-order chi connectivity index (χ0) is 21.6. The molecule has 0 bridgehead atoms. The summed E-state index contributed by atoms with van der Waals surface area (Å²) in [4.78, 5) is 20.7. The van der Waals surface area contributed by atoms with E-state index in [1.165, 1.54) is 16.3 Å². The van der Waals surface area contributed by atoms with Gasteiger partial charge in [0.05, 0.1) is 0 Å². The van der Waals surface area contributed by atoms with Gasteiger partial charge < -0.3 is 20.4 Å². The predicted molar refractivity (Wildman–Crippen MR) is 138 cm³/mol. The number of nitrogens with zero attached hydrogens (tertiary/aromatic N) is 3. The second-order valence-electron chi connectivity index (χ2n) is 7.70. The van der Waals surface area contributed by atoms with Crippen molar-refractivity contribution >= 4 is 46.6 Å². The van der Waals surface area contributed by atoms with Crippen molar-refractivity contribution in [3.8, 4) is 0 Å². The van der Waals surface area contributed by atoms with Gasteiger partial charge in [-0.15, -0.1) is 24.0 Å². The van der Waals surface area contributed by atoms with E-state index in [0.717, 1.165) is 45.2 Å². The van der Waals surface area contributed by atoms with Crippen LogP contribution < -0.4 is 11.1 Å². The van der Waals surface area contributed by atoms with Gasteiger partial charge in [0.1, 0.15) is 12.3 Å². The summed E-state index contributed by atoms with van der Waals surface area (Å²) in [6.07, 6.45) is 0. The molecule has 0 saturated carbocycles. The van der Waals surface area contributed by atoms with Gasteiger partial charge in [0.15, 0.2) is 11.7 Å². The van der Waals surface area contributed by atoms with Crippen molar-refractivity contribution < 1.29 is 9.21 Å². The zero-order valence-electron chi connectivity index (χ0n) is 18.3. The van der Waals surface area contributed by atoms with E-state index in [1.54, 1.807) is 12.1 Å². The van der Waals surface area contributed by atoms with E-state index in [4.69, 9.17) is 15.1 Å². The third-order valence-electron chi connectivity index (χ3n) is 5.57. The van der Waals surface area contributed by atoms with Crippen LogP contribution in [-0.2, 0) is 13.1 Å². The van der Waals surface area contributed by atoms with E-state index in [-0.39, 0.29) is 29.7 Å². The third-order valence-corrected chi connectivity index (χ3v) is 5.57. The maximum atomic E-state index is 11.2. The maximum absolute atomic E-state index is 11.2. The zero-order valence-corrected chi connectivity index (χ0v) is 20.6. The molecule has 0 radical (unpaired) electrons. The van der Waals surface area contributed by atoms with Crippen molar-refractivity contribution in [1.82, 2.24) is 15.1 Å². The Morgan fingerprint density at radius 3 is 2.53 bits per heavy atom. The van der Waals surface area contributed by atoms with Gasteiger partial charge in [0, 0.05) is 39.3 Å². The Bertz CT molecular complexity index is 1070. The number of amides is 1. The van der Waals surface area contributed by atoms with Crippen LogP contribution in [0.1, 0.15) is 28.8 Å². The Labute approximate surface area is 205 Å². The molecule has 4 rings (SSSR count). The first-order chi connectivity index (χ1) is 15.1. The van der Waals surface area contributed by atoms with Gasteiger partial charge in [-0.25, -0.2) is 4.99 Å². The van der Waals surface area contributed by atoms with Crippen LogP contribution in [0.2, 0.25) is 0 Å². The molecule has 7 nitrogen and oxygen atoms in total. The Morgan fingerprint density at radius 2 is 1.81 bits per heavy atom. The summed E-state index contributed by atoms with van der Waals surface area (Å²) in [5, 5.41) is 5.98. The molecule has 1 aliphatic rings. The van der Waals surface area contributed by atoms with Crippen LogP contribution in [0.3, 0.4) is 0 Å². The summed E-state index contributed by atoms with van der Waals surface area (Å²) in [7, 11) is 0. The van der Waals surface area contributed by atoms with E-state index in [0.29, 0.717) is 12.3 Å². The summed E-state index contributed by atoms with van der Waals surface area (Å²) in [6, 6.07) is 18.4. The van der Waals surface area contributed by atoms with Gasteiger partial charge in [-0.3, -0.25) is 9.69 Å². The standard InChI is InChI=1S/C24H29N5O2.HI/c1-2-26-24(27-16-20-10-11-22(31-20)23(25)30)29-14-12-28(13-15-29)17-19-8-5-7-18-6-3-4-9-21(18)19;/h3-11H,2,12-17H2,1H3,(H2,25,30)(H,26,27);1H. The third kappa shape index (κ3) is 5.80. The van der Waals surface area contributed by atoms with E-state index >= 15 is 0 Å². The summed E-state index contributed by atoms with van der Waals surface area (Å²) in [6.45, 7) is 7.92. The fourth-order valence-electron chi connectivity index (χ4n) is 3.96. The summed E-state index contributed by atoms with van der Waals surface area (Å²) < 4.78 is 5.44. The number of nitrogens with one attached hydrogen (secondary N) is 1. The quantitative estimate of drug-likeness (QED) is 0.281. The number of fused-ring (bicyclic) bond motifs is 1. The molecule has 1 fully saturated rings. The molecule has 0 atom stereocenters. The second kappa shape index (κ2) is 11.3. The minimum Gasteiger partial charge on any atom is -0.454 e. The molecule has 8 heteroatoms. The number of piperazine rings is 1. The van der Waals surface area contributed by atoms with Gasteiger partial charge in [0.2, 0.25) is 0 Å². The molecule has 2 heterocycles. The number of furan rings is 1. The van der Waals surface area contributed by atoms with E-state index in [9.17, 15) is 4.79 Å². The van der Waals surface area contributed by atoms with Gasteiger partial charge in [0.25, 0.3) is 5.91 Å². The van der Waals surface area contributed by atoms with Crippen LogP contribution in [0.15, 0.2) is 64.0 Å². The average molecular weight is 547 g/mol. The van der Waals surface area contributed by atoms with E-state index in [2.05, 4.69) is 64.5 Å². The number of rotatable bonds is 6. The molecular weight excluding hydrogens is 517 g/mol. The van der Waals surface area contributed by atoms with Crippen molar-refractivity contribution in [2.45, 2.75) is 20.0 Å². The number of carbonyl (C=O) groups is 1. The minimum atomic E-state index is -0.565. The predicted octanol–water partition coefficient (Wildman–Crippen LogP) is 3.43. The van der Waals surface area contributed by atoms with Crippen molar-refractivity contribution in [1.29, 1.82) is 0 Å². The van der Waals surface area contributed by atoms with Crippen LogP contribution in [0.5, 0.6) is 0 Å². The average Bonchev–Trinajstić information content (AvgIpc) is 3.27. The summed E-state index contributed by atoms with van der Waals surface area (Å²) in [5.74, 6) is 1.09. The van der Waals surface area contributed by atoms with E-state index < -0.39 is 5.91 Å². The van der Waals surface area contributed by atoms with Crippen molar-refractivity contribution in [2.24, 2.45) is 10.7 Å². The highest BCUT2D eigenvalue weighted by Gasteiger charge is 2.20. The fraction of sp³-hybridized carbons (Fsp3) is 0.333. The molecule has 0 spiro atoms. The monoisotopic (exact) mass is 547 g/mol. The smallest absolute Gasteiger partial charge is 0.284 e. The van der Waals surface area contributed by atoms with Crippen LogP contribution in [0, 0.1) is 0 Å². The van der Waals surface area contributed by atoms with Gasteiger partial charge >= 0.3 is 0 Å². The lowest BCUT2D eigenvalue weighted by Gasteiger charge is -2.36. The van der Waals surface area contributed by atoms with Crippen LogP contribution in [-0.4, -0.2) is 54.4 Å². The Hall–Kier alpha value is -2.59. The number of guanidine groups is 1. The molecule has 170 valence electrons. The highest BCUT2D eigenvalue weighted by atomic mass is 127. The lowest BCUT2D eigenvalue weighted by atomic mass is 10.0. The normalized spacial score (nSPS) is 14.9. The van der Waals surface area contributed by atoms with Gasteiger partial charge in [-0.2, -0.15) is 0 Å². The number of carbonyl (C=O) groups excluding carboxylic acids is 1. The molecule has 0 aliphatic carbocycles. The Kier molecular flexibility index (Phi) is 8.52. The van der Waals surface area contributed by atoms with Crippen molar-refractivity contribution in [2.75, 3.05) is 32.7 Å².